The van der Waals surface area contributed by atoms with Crippen molar-refractivity contribution < 1.29 is 70.8 Å². The van der Waals surface area contributed by atoms with Crippen LogP contribution in [0.3, 0.4) is 0 Å². The average Bonchev–Trinajstić information content (AvgIpc) is 3.45. The molecule has 12 rings (SSSR count). The number of aromatic nitrogens is 4. The molecule has 0 radical (unpaired) electrons. The second-order valence-corrected chi connectivity index (χ2v) is 16.7. The van der Waals surface area contributed by atoms with Gasteiger partial charge >= 0.3 is 123 Å². The molecule has 0 amide bonds. The molecule has 2 aromatic heterocycles. The topological polar surface area (TPSA) is 151 Å². The van der Waals surface area contributed by atoms with Crippen LogP contribution in [-0.4, -0.2) is 83.1 Å². The van der Waals surface area contributed by atoms with E-state index in [4.69, 9.17) is 36.3 Å². The Kier molecular flexibility index (Phi) is 23.3. The molecule has 0 spiro atoms. The third-order valence-corrected chi connectivity index (χ3v) is 11.5. The second-order valence-electron chi connectivity index (χ2n) is 15.7. The summed E-state index contributed by atoms with van der Waals surface area (Å²) in [6, 6.07) is 77.9. The summed E-state index contributed by atoms with van der Waals surface area (Å²) < 4.78 is 11.3. The fraction of sp³-hybridized carbons (Fsp3) is 0.0175. The van der Waals surface area contributed by atoms with Crippen LogP contribution in [0.5, 0.6) is 0 Å². The molecule has 2 aliphatic heterocycles. The molecule has 0 aliphatic carbocycles. The molecule has 16 heteroatoms. The van der Waals surface area contributed by atoms with Crippen LogP contribution in [0.15, 0.2) is 231 Å². The van der Waals surface area contributed by atoms with Gasteiger partial charge in [-0.15, -0.1) is 0 Å². The number of fused-ring (bicyclic) bond motifs is 4. The first-order valence-corrected chi connectivity index (χ1v) is 40.7. The molecular weight excluding hydrogens is 1030 g/mol. The van der Waals surface area contributed by atoms with E-state index < -0.39 is 8.25 Å². The maximum atomic E-state index is 8.87. The first-order chi connectivity index (χ1) is 35.4. The van der Waals surface area contributed by atoms with Crippen molar-refractivity contribution >= 4 is 123 Å². The monoisotopic (exact) mass is 1070 g/mol. The van der Waals surface area contributed by atoms with Crippen LogP contribution in [0.1, 0.15) is 11.1 Å². The van der Waals surface area contributed by atoms with Gasteiger partial charge in [0.2, 0.25) is 11.2 Å². The Morgan fingerprint density at radius 3 is 1.11 bits per heavy atom. The third kappa shape index (κ3) is 15.8. The van der Waals surface area contributed by atoms with E-state index >= 15 is 0 Å². The standard InChI is InChI=1S/C28H20N4.C16H11ClN2.C13H11N.3K.HO4P/c1-3-11-20(12-4-1)24-19-25(21-13-5-2-6-14-21)31-28(30-24)32-26-17-9-7-15-22(26)29-23-16-8-10-18-27(23)32;17-16-18-14(12-7-3-1-4-8-12)11-15(19-16)13-9-5-2-6-10-13;1-3-7-12-10(5-1)9-11-6-2-4-8-13(11)14-12;;;;1-4-5(2)3/h1-19,29H;1-11H;1-8,14H,9H2;;;;1H/q;;;;;+1;/p-1. The average molecular weight is 1070 g/mol. The molecule has 0 saturated carbocycles. The van der Waals surface area contributed by atoms with Crippen LogP contribution < -0.4 is 77.1 Å². The van der Waals surface area contributed by atoms with E-state index in [-0.39, 0.29) is 56.7 Å². The SMILES string of the molecule is Clc1nc(-c2ccccc2)cc(-c2ccccc2)n1.O=[P+]([O-])O[O-].[K+].[K][K].c1ccc(-c2cc(-c3ccccc3)nc(N3c4ccccc4Nc4ccccc43)n2)cc1.c1ccc2c(c1)Cc1ccccc1N2. The van der Waals surface area contributed by atoms with Crippen molar-refractivity contribution in [2.45, 2.75) is 6.42 Å². The normalized spacial score (nSPS) is 11.2. The van der Waals surface area contributed by atoms with Crippen LogP contribution in [0.25, 0.3) is 45.0 Å². The summed E-state index contributed by atoms with van der Waals surface area (Å²) in [6.45, 7) is 0. The van der Waals surface area contributed by atoms with Gasteiger partial charge in [0.05, 0.1) is 45.5 Å². The van der Waals surface area contributed by atoms with E-state index in [1.54, 1.807) is 0 Å². The molecule has 2 N–H and O–H groups in total. The molecule has 0 fully saturated rings. The summed E-state index contributed by atoms with van der Waals surface area (Å²) in [5.74, 6) is 0.645. The molecule has 2 aliphatic rings. The van der Waals surface area contributed by atoms with Crippen LogP contribution in [0.2, 0.25) is 5.28 Å². The van der Waals surface area contributed by atoms with E-state index in [2.05, 4.69) is 133 Å². The quantitative estimate of drug-likeness (QED) is 0.0539. The van der Waals surface area contributed by atoms with E-state index in [0.717, 1.165) is 74.2 Å². The number of para-hydroxylation sites is 6. The van der Waals surface area contributed by atoms with Crippen LogP contribution in [0, 0.1) is 0 Å². The van der Waals surface area contributed by atoms with Crippen molar-refractivity contribution in [3.05, 3.63) is 247 Å². The van der Waals surface area contributed by atoms with Gasteiger partial charge in [0, 0.05) is 40.0 Å². The van der Waals surface area contributed by atoms with E-state index in [9.17, 15) is 0 Å². The predicted octanol–water partition coefficient (Wildman–Crippen LogP) is 9.67. The molecule has 10 aromatic rings. The van der Waals surface area contributed by atoms with Crippen molar-refractivity contribution in [3.8, 4) is 45.0 Å². The number of benzene rings is 8. The van der Waals surface area contributed by atoms with Gasteiger partial charge in [-0.2, -0.15) is 0 Å². The van der Waals surface area contributed by atoms with Crippen LogP contribution in [-0.2, 0) is 15.7 Å². The smallest absolute Gasteiger partial charge is 0.235 e. The first kappa shape index (κ1) is 57.2. The summed E-state index contributed by atoms with van der Waals surface area (Å²) >= 11 is 8.53. The Bertz CT molecular complexity index is 3130. The zero-order chi connectivity index (χ0) is 50.1. The van der Waals surface area contributed by atoms with Crippen molar-refractivity contribution in [1.82, 2.24) is 19.9 Å². The van der Waals surface area contributed by atoms with Crippen LogP contribution in [0.4, 0.5) is 40.1 Å². The van der Waals surface area contributed by atoms with Crippen molar-refractivity contribution in [1.29, 1.82) is 0 Å². The maximum absolute atomic E-state index is 8.87. The van der Waals surface area contributed by atoms with Gasteiger partial charge in [0.1, 0.15) is 0 Å². The molecule has 73 heavy (non-hydrogen) atoms. The van der Waals surface area contributed by atoms with Crippen molar-refractivity contribution in [3.63, 3.8) is 0 Å². The fourth-order valence-electron chi connectivity index (χ4n) is 7.96. The zero-order valence-corrected chi connectivity index (χ0v) is 51.4. The van der Waals surface area contributed by atoms with Gasteiger partial charge in [0.15, 0.2) is 0 Å². The summed E-state index contributed by atoms with van der Waals surface area (Å²) in [7, 11) is -3.15. The maximum Gasteiger partial charge on any atom is 0.235 e. The molecule has 4 heterocycles. The second kappa shape index (κ2) is 29.7. The molecule has 0 bridgehead atoms. The first-order valence-electron chi connectivity index (χ1n) is 23.2. The van der Waals surface area contributed by atoms with Gasteiger partial charge in [0.25, 0.3) is 0 Å². The Morgan fingerprint density at radius 1 is 0.466 bits per heavy atom. The molecule has 1 unspecified atom stereocenters. The largest absolute Gasteiger partial charge is 0.355 e. The minimum absolute atomic E-state index is 0. The minimum atomic E-state index is -3.15. The summed E-state index contributed by atoms with van der Waals surface area (Å²) in [4.78, 5) is 29.7. The number of anilines is 7. The minimum Gasteiger partial charge on any atom is -0.355 e. The number of hydrogen-bond acceptors (Lipinski definition) is 11. The molecule has 344 valence electrons. The Labute approximate surface area is 518 Å². The van der Waals surface area contributed by atoms with E-state index in [1.807, 2.05) is 127 Å². The van der Waals surface area contributed by atoms with E-state index in [0.29, 0.717) is 5.95 Å². The van der Waals surface area contributed by atoms with Gasteiger partial charge in [-0.05, 0) is 75.8 Å². The summed E-state index contributed by atoms with van der Waals surface area (Å²) in [5, 5.41) is 15.8. The van der Waals surface area contributed by atoms with Crippen LogP contribution >= 0.6 is 19.9 Å². The zero-order valence-electron chi connectivity index (χ0n) is 40.3. The summed E-state index contributed by atoms with van der Waals surface area (Å²) in [6.07, 6.45) is 1.04. The fourth-order valence-corrected chi connectivity index (χ4v) is 8.14. The van der Waals surface area contributed by atoms with Gasteiger partial charge in [-0.1, -0.05) is 182 Å². The third-order valence-electron chi connectivity index (χ3n) is 11.2. The molecule has 0 saturated heterocycles. The molecule has 8 aromatic carbocycles. The number of rotatable bonds is 6. The van der Waals surface area contributed by atoms with Gasteiger partial charge < -0.3 is 20.8 Å². The Balaban J connectivity index is 0.000000161. The van der Waals surface area contributed by atoms with Gasteiger partial charge in [-0.3, -0.25) is 4.90 Å². The molecule has 11 nitrogen and oxygen atoms in total. The molecular formula is C57H42ClK3N7O4P. The number of nitrogens with zero attached hydrogens (tertiary/aromatic N) is 5. The number of halogens is 1. The summed E-state index contributed by atoms with van der Waals surface area (Å²) in [5.41, 5.74) is 17.0. The van der Waals surface area contributed by atoms with Crippen molar-refractivity contribution in [2.24, 2.45) is 0 Å². The number of nitrogens with one attached hydrogen (secondary N) is 2. The Hall–Kier alpha value is -3.50. The Morgan fingerprint density at radius 2 is 0.753 bits per heavy atom. The number of hydrogen-bond donors (Lipinski definition) is 2. The van der Waals surface area contributed by atoms with Gasteiger partial charge in [-0.25, -0.2) is 24.6 Å². The van der Waals surface area contributed by atoms with E-state index in [1.165, 1.54) is 85.7 Å². The molecule has 1 atom stereocenters. The van der Waals surface area contributed by atoms with Crippen molar-refractivity contribution in [2.75, 3.05) is 15.5 Å². The predicted molar refractivity (Wildman–Crippen MR) is 288 cm³/mol.